The molecule has 94 valence electrons. The summed E-state index contributed by atoms with van der Waals surface area (Å²) < 4.78 is 0. The molecule has 1 aromatic rings. The molecule has 0 amide bonds. The van der Waals surface area contributed by atoms with E-state index < -0.39 is 0 Å². The minimum atomic E-state index is 0.118. The third-order valence-electron chi connectivity index (χ3n) is 3.89. The van der Waals surface area contributed by atoms with Gasteiger partial charge in [-0.1, -0.05) is 26.0 Å². The van der Waals surface area contributed by atoms with Gasteiger partial charge in [0.15, 0.2) is 0 Å². The first kappa shape index (κ1) is 12.4. The number of hydrogen-bond donors (Lipinski definition) is 2. The van der Waals surface area contributed by atoms with Crippen LogP contribution in [0.2, 0.25) is 0 Å². The Morgan fingerprint density at radius 1 is 1.29 bits per heavy atom. The van der Waals surface area contributed by atoms with Crippen LogP contribution >= 0.6 is 0 Å². The van der Waals surface area contributed by atoms with E-state index in [2.05, 4.69) is 25.2 Å². The van der Waals surface area contributed by atoms with Crippen molar-refractivity contribution in [2.45, 2.75) is 45.8 Å². The summed E-state index contributed by atoms with van der Waals surface area (Å²) in [5.41, 5.74) is 2.12. The first-order valence-electron chi connectivity index (χ1n) is 6.65. The summed E-state index contributed by atoms with van der Waals surface area (Å²) in [5, 5.41) is 12.7. The number of aliphatic hydroxyl groups is 1. The molecule has 0 saturated heterocycles. The Morgan fingerprint density at radius 2 is 2.12 bits per heavy atom. The first-order valence-corrected chi connectivity index (χ1v) is 6.65. The van der Waals surface area contributed by atoms with E-state index in [9.17, 15) is 0 Å². The van der Waals surface area contributed by atoms with Crippen molar-refractivity contribution < 1.29 is 5.11 Å². The fraction of sp³-hybridized carbons (Fsp3) is 0.600. The highest BCUT2D eigenvalue weighted by Crippen LogP contribution is 2.30. The molecule has 0 spiro atoms. The molecular weight excluding hydrogens is 210 g/mol. The van der Waals surface area contributed by atoms with Crippen molar-refractivity contribution in [1.29, 1.82) is 0 Å². The molecule has 2 rings (SSSR count). The van der Waals surface area contributed by atoms with E-state index in [-0.39, 0.29) is 6.61 Å². The van der Waals surface area contributed by atoms with Crippen molar-refractivity contribution in [1.82, 2.24) is 0 Å². The van der Waals surface area contributed by atoms with Crippen LogP contribution in [0.5, 0.6) is 0 Å². The van der Waals surface area contributed by atoms with Gasteiger partial charge >= 0.3 is 0 Å². The Morgan fingerprint density at radius 3 is 2.82 bits per heavy atom. The lowest BCUT2D eigenvalue weighted by atomic mass is 9.80. The molecule has 1 aliphatic carbocycles. The molecule has 2 heteroatoms. The zero-order valence-electron chi connectivity index (χ0n) is 10.8. The van der Waals surface area contributed by atoms with E-state index in [0.717, 1.165) is 23.1 Å². The monoisotopic (exact) mass is 233 g/mol. The summed E-state index contributed by atoms with van der Waals surface area (Å²) in [6, 6.07) is 8.68. The summed E-state index contributed by atoms with van der Waals surface area (Å²) in [6.45, 7) is 4.80. The van der Waals surface area contributed by atoms with Gasteiger partial charge in [-0.2, -0.15) is 0 Å². The topological polar surface area (TPSA) is 32.3 Å². The average Bonchev–Trinajstić information content (AvgIpc) is 2.33. The van der Waals surface area contributed by atoms with Crippen LogP contribution in [0.15, 0.2) is 24.3 Å². The Balaban J connectivity index is 2.00. The van der Waals surface area contributed by atoms with Crippen LogP contribution in [-0.4, -0.2) is 11.1 Å². The molecule has 0 heterocycles. The predicted octanol–water partition coefficient (Wildman–Crippen LogP) is 3.42. The normalized spacial score (nSPS) is 29.0. The lowest BCUT2D eigenvalue weighted by Gasteiger charge is -2.33. The molecule has 3 atom stereocenters. The van der Waals surface area contributed by atoms with Crippen LogP contribution in [-0.2, 0) is 6.61 Å². The van der Waals surface area contributed by atoms with Gasteiger partial charge in [-0.3, -0.25) is 0 Å². The molecule has 0 aliphatic heterocycles. The molecule has 2 nitrogen and oxygen atoms in total. The largest absolute Gasteiger partial charge is 0.392 e. The number of aliphatic hydroxyl groups excluding tert-OH is 1. The Labute approximate surface area is 104 Å². The minimum absolute atomic E-state index is 0.118. The van der Waals surface area contributed by atoms with Crippen LogP contribution < -0.4 is 5.32 Å². The second kappa shape index (κ2) is 5.54. The molecule has 1 aliphatic rings. The third-order valence-corrected chi connectivity index (χ3v) is 3.89. The van der Waals surface area contributed by atoms with E-state index in [4.69, 9.17) is 5.11 Å². The molecule has 1 aromatic carbocycles. The van der Waals surface area contributed by atoms with Crippen molar-refractivity contribution in [2.75, 3.05) is 5.32 Å². The van der Waals surface area contributed by atoms with Gasteiger partial charge < -0.3 is 10.4 Å². The van der Waals surface area contributed by atoms with Gasteiger partial charge in [0.05, 0.1) is 6.61 Å². The molecule has 0 aromatic heterocycles. The standard InChI is InChI=1S/C15H23NO/c1-11-6-7-15(12(2)8-11)16-14-5-3-4-13(9-14)10-17/h3-5,9,11-12,15-17H,6-8,10H2,1-2H3. The molecular formula is C15H23NO. The van der Waals surface area contributed by atoms with E-state index in [0.29, 0.717) is 6.04 Å². The number of rotatable bonds is 3. The fourth-order valence-electron chi connectivity index (χ4n) is 2.85. The van der Waals surface area contributed by atoms with E-state index in [1.165, 1.54) is 19.3 Å². The van der Waals surface area contributed by atoms with Crippen LogP contribution in [0.25, 0.3) is 0 Å². The van der Waals surface area contributed by atoms with Crippen molar-refractivity contribution in [3.63, 3.8) is 0 Å². The fourth-order valence-corrected chi connectivity index (χ4v) is 2.85. The van der Waals surface area contributed by atoms with Crippen LogP contribution in [0.3, 0.4) is 0 Å². The smallest absolute Gasteiger partial charge is 0.0682 e. The van der Waals surface area contributed by atoms with Gasteiger partial charge in [0, 0.05) is 11.7 Å². The van der Waals surface area contributed by atoms with Crippen molar-refractivity contribution in [3.8, 4) is 0 Å². The van der Waals surface area contributed by atoms with Gasteiger partial charge in [-0.05, 0) is 48.8 Å². The number of benzene rings is 1. The summed E-state index contributed by atoms with van der Waals surface area (Å²) in [5.74, 6) is 1.60. The summed E-state index contributed by atoms with van der Waals surface area (Å²) in [6.07, 6.45) is 3.89. The molecule has 0 radical (unpaired) electrons. The van der Waals surface area contributed by atoms with Crippen LogP contribution in [0, 0.1) is 11.8 Å². The Kier molecular flexibility index (Phi) is 4.06. The maximum Gasteiger partial charge on any atom is 0.0682 e. The lowest BCUT2D eigenvalue weighted by Crippen LogP contribution is -2.32. The third kappa shape index (κ3) is 3.22. The molecule has 0 bridgehead atoms. The number of hydrogen-bond acceptors (Lipinski definition) is 2. The maximum atomic E-state index is 9.13. The lowest BCUT2D eigenvalue weighted by molar-refractivity contribution is 0.276. The Hall–Kier alpha value is -1.02. The van der Waals surface area contributed by atoms with Gasteiger partial charge in [0.1, 0.15) is 0 Å². The highest BCUT2D eigenvalue weighted by atomic mass is 16.3. The van der Waals surface area contributed by atoms with Gasteiger partial charge in [0.2, 0.25) is 0 Å². The first-order chi connectivity index (χ1) is 8.19. The number of anilines is 1. The number of nitrogens with one attached hydrogen (secondary N) is 1. The summed E-state index contributed by atoms with van der Waals surface area (Å²) >= 11 is 0. The van der Waals surface area contributed by atoms with E-state index in [1.807, 2.05) is 18.2 Å². The highest BCUT2D eigenvalue weighted by molar-refractivity contribution is 5.46. The van der Waals surface area contributed by atoms with Gasteiger partial charge in [0.25, 0.3) is 0 Å². The van der Waals surface area contributed by atoms with Gasteiger partial charge in [-0.15, -0.1) is 0 Å². The quantitative estimate of drug-likeness (QED) is 0.838. The van der Waals surface area contributed by atoms with Gasteiger partial charge in [-0.25, -0.2) is 0 Å². The van der Waals surface area contributed by atoms with Crippen LogP contribution in [0.4, 0.5) is 5.69 Å². The van der Waals surface area contributed by atoms with Crippen molar-refractivity contribution in [2.24, 2.45) is 11.8 Å². The summed E-state index contributed by atoms with van der Waals surface area (Å²) in [7, 11) is 0. The van der Waals surface area contributed by atoms with Crippen molar-refractivity contribution in [3.05, 3.63) is 29.8 Å². The SMILES string of the molecule is CC1CCC(Nc2cccc(CO)c2)C(C)C1. The average molecular weight is 233 g/mol. The molecule has 3 unspecified atom stereocenters. The molecule has 1 fully saturated rings. The summed E-state index contributed by atoms with van der Waals surface area (Å²) in [4.78, 5) is 0. The zero-order chi connectivity index (χ0) is 12.3. The molecule has 2 N–H and O–H groups in total. The van der Waals surface area contributed by atoms with Crippen LogP contribution in [0.1, 0.15) is 38.7 Å². The van der Waals surface area contributed by atoms with E-state index >= 15 is 0 Å². The second-order valence-corrected chi connectivity index (χ2v) is 5.50. The Bertz CT molecular complexity index is 364. The van der Waals surface area contributed by atoms with Crippen molar-refractivity contribution >= 4 is 5.69 Å². The second-order valence-electron chi connectivity index (χ2n) is 5.50. The molecule has 1 saturated carbocycles. The molecule has 17 heavy (non-hydrogen) atoms. The highest BCUT2D eigenvalue weighted by Gasteiger charge is 2.24. The maximum absolute atomic E-state index is 9.13. The predicted molar refractivity (Wildman–Crippen MR) is 72.0 cm³/mol. The van der Waals surface area contributed by atoms with E-state index in [1.54, 1.807) is 0 Å². The minimum Gasteiger partial charge on any atom is -0.392 e. The zero-order valence-corrected chi connectivity index (χ0v) is 10.8.